The molecule has 0 radical (unpaired) electrons. The molecule has 14 nitrogen and oxygen atoms in total. The van der Waals surface area contributed by atoms with Crippen LogP contribution < -0.4 is 25.2 Å². The fraction of sp³-hybridized carbons (Fsp3) is 0.683. The predicted octanol–water partition coefficient (Wildman–Crippen LogP) is 5.71. The highest BCUT2D eigenvalue weighted by atomic mass is 35.5. The largest absolute Gasteiger partial charge is 0.474 e. The number of methoxy groups -OCH3 is 1. The molecule has 302 valence electrons. The molecular formula is C41H56ClN9O5. The van der Waals surface area contributed by atoms with Gasteiger partial charge in [0.05, 0.1) is 25.0 Å². The molecule has 6 aliphatic rings. The highest BCUT2D eigenvalue weighted by molar-refractivity contribution is 6.29. The molecule has 4 aliphatic heterocycles. The van der Waals surface area contributed by atoms with Crippen LogP contribution >= 0.6 is 11.6 Å². The van der Waals surface area contributed by atoms with E-state index >= 15 is 0 Å². The van der Waals surface area contributed by atoms with Gasteiger partial charge in [-0.3, -0.25) is 9.69 Å². The van der Waals surface area contributed by atoms with Gasteiger partial charge in [-0.1, -0.05) is 30.6 Å². The number of nitrogen functional groups attached to an aromatic ring is 1. The van der Waals surface area contributed by atoms with Crippen LogP contribution in [0.2, 0.25) is 5.15 Å². The van der Waals surface area contributed by atoms with Gasteiger partial charge >= 0.3 is 5.97 Å². The second-order valence-electron chi connectivity index (χ2n) is 17.3. The maximum atomic E-state index is 12.4. The van der Waals surface area contributed by atoms with Gasteiger partial charge in [0.25, 0.3) is 0 Å². The molecule has 15 heteroatoms. The van der Waals surface area contributed by atoms with E-state index in [0.717, 1.165) is 102 Å². The second kappa shape index (κ2) is 15.5. The standard InChI is InChI=1S/C41H56ClN9O5/c1-25(2)38(40(52)53-3)34-22-36(47-56-34)48-14-7-26(8-15-48)41(11-12-41)50-16-9-30(10-17-50)54-31-19-32(20-31)55-37-18-27(6-13-44-37)51-28-4-5-29(51)24-49(23-28)33-21-35(42)45-46-39(33)43/h6,13,18,21-22,25-26,28-32,38H,4-5,7-12,14-17,19-20,23-24H2,1-3H3,(H2,43,46). The van der Waals surface area contributed by atoms with Gasteiger partial charge in [0.2, 0.25) is 5.88 Å². The van der Waals surface area contributed by atoms with Crippen LogP contribution in [0.5, 0.6) is 5.88 Å². The number of pyridine rings is 1. The molecule has 0 amide bonds. The van der Waals surface area contributed by atoms with Crippen molar-refractivity contribution >= 4 is 40.6 Å². The number of esters is 1. The van der Waals surface area contributed by atoms with Gasteiger partial charge in [0.1, 0.15) is 12.0 Å². The fourth-order valence-electron chi connectivity index (χ4n) is 10.5. The molecule has 2 bridgehead atoms. The summed E-state index contributed by atoms with van der Waals surface area (Å²) in [7, 11) is 1.42. The van der Waals surface area contributed by atoms with Crippen molar-refractivity contribution in [2.24, 2.45) is 11.8 Å². The van der Waals surface area contributed by atoms with Gasteiger partial charge in [0, 0.05) is 99.8 Å². The number of hydrogen-bond acceptors (Lipinski definition) is 14. The molecule has 0 spiro atoms. The van der Waals surface area contributed by atoms with Crippen LogP contribution in [0.4, 0.5) is 23.0 Å². The number of piperidine rings is 2. The summed E-state index contributed by atoms with van der Waals surface area (Å²) in [5.74, 6) is 2.59. The number of carbonyl (C=O) groups is 1. The van der Waals surface area contributed by atoms with Crippen LogP contribution in [0.1, 0.15) is 89.7 Å². The Morgan fingerprint density at radius 3 is 2.34 bits per heavy atom. The Morgan fingerprint density at radius 2 is 1.66 bits per heavy atom. The first-order chi connectivity index (χ1) is 27.2. The Morgan fingerprint density at radius 1 is 0.929 bits per heavy atom. The van der Waals surface area contributed by atoms with Crippen LogP contribution in [0.25, 0.3) is 0 Å². The Kier molecular flexibility index (Phi) is 10.4. The van der Waals surface area contributed by atoms with E-state index in [2.05, 4.69) is 52.1 Å². The lowest BCUT2D eigenvalue weighted by Crippen LogP contribution is -2.54. The molecule has 2 saturated carbocycles. The van der Waals surface area contributed by atoms with E-state index in [1.54, 1.807) is 0 Å². The zero-order valence-corrected chi connectivity index (χ0v) is 33.6. The number of anilines is 4. The van der Waals surface area contributed by atoms with Crippen LogP contribution in [0.3, 0.4) is 0 Å². The molecule has 56 heavy (non-hydrogen) atoms. The number of rotatable bonds is 12. The molecule has 3 atom stereocenters. The van der Waals surface area contributed by atoms with Crippen molar-refractivity contribution < 1.29 is 23.5 Å². The molecule has 2 aliphatic carbocycles. The van der Waals surface area contributed by atoms with Crippen molar-refractivity contribution in [2.75, 3.05) is 66.8 Å². The molecule has 4 saturated heterocycles. The van der Waals surface area contributed by atoms with Gasteiger partial charge in [-0.2, -0.15) is 0 Å². The monoisotopic (exact) mass is 789 g/mol. The number of hydrogen-bond donors (Lipinski definition) is 1. The first-order valence-electron chi connectivity index (χ1n) is 20.8. The number of likely N-dealkylation sites (tertiary alicyclic amines) is 1. The van der Waals surface area contributed by atoms with E-state index in [1.165, 1.54) is 25.6 Å². The lowest BCUT2D eigenvalue weighted by molar-refractivity contribution is -0.144. The number of aromatic nitrogens is 4. The Balaban J connectivity index is 0.711. The third kappa shape index (κ3) is 7.37. The minimum atomic E-state index is -0.436. The average Bonchev–Trinajstić information content (AvgIpc) is 3.78. The summed E-state index contributed by atoms with van der Waals surface area (Å²) >= 11 is 6.16. The summed E-state index contributed by atoms with van der Waals surface area (Å²) in [6, 6.07) is 8.71. The molecule has 0 aromatic carbocycles. The number of nitrogens with zero attached hydrogens (tertiary/aromatic N) is 8. The van der Waals surface area contributed by atoms with Crippen LogP contribution in [-0.4, -0.2) is 114 Å². The van der Waals surface area contributed by atoms with Crippen molar-refractivity contribution in [1.82, 2.24) is 25.2 Å². The third-order valence-corrected chi connectivity index (χ3v) is 13.9. The van der Waals surface area contributed by atoms with E-state index in [9.17, 15) is 4.79 Å². The second-order valence-corrected chi connectivity index (χ2v) is 17.7. The Bertz CT molecular complexity index is 1840. The van der Waals surface area contributed by atoms with Crippen molar-refractivity contribution in [3.8, 4) is 5.88 Å². The number of fused-ring (bicyclic) bond motifs is 2. The smallest absolute Gasteiger partial charge is 0.316 e. The van der Waals surface area contributed by atoms with Gasteiger partial charge in [0.15, 0.2) is 22.5 Å². The number of ether oxygens (including phenoxy) is 3. The highest BCUT2D eigenvalue weighted by Gasteiger charge is 2.54. The molecule has 6 fully saturated rings. The molecule has 2 N–H and O–H groups in total. The van der Waals surface area contributed by atoms with Gasteiger partial charge in [-0.05, 0) is 69.3 Å². The lowest BCUT2D eigenvalue weighted by atomic mass is 9.85. The lowest BCUT2D eigenvalue weighted by Gasteiger charge is -2.45. The zero-order chi connectivity index (χ0) is 38.6. The van der Waals surface area contributed by atoms with Crippen molar-refractivity contribution in [3.63, 3.8) is 0 Å². The molecule has 3 aromatic rings. The topological polar surface area (TPSA) is 148 Å². The quantitative estimate of drug-likeness (QED) is 0.224. The summed E-state index contributed by atoms with van der Waals surface area (Å²) in [6.07, 6.45) is 13.8. The highest BCUT2D eigenvalue weighted by Crippen LogP contribution is 2.52. The maximum absolute atomic E-state index is 12.4. The van der Waals surface area contributed by atoms with Crippen molar-refractivity contribution in [3.05, 3.63) is 41.4 Å². The van der Waals surface area contributed by atoms with E-state index in [-0.39, 0.29) is 24.1 Å². The van der Waals surface area contributed by atoms with Gasteiger partial charge < -0.3 is 39.2 Å². The van der Waals surface area contributed by atoms with E-state index in [0.29, 0.717) is 52.3 Å². The average molecular weight is 790 g/mol. The van der Waals surface area contributed by atoms with Crippen LogP contribution in [0, 0.1) is 11.8 Å². The summed E-state index contributed by atoms with van der Waals surface area (Å²) < 4.78 is 23.7. The summed E-state index contributed by atoms with van der Waals surface area (Å²) in [5.41, 5.74) is 8.56. The first kappa shape index (κ1) is 37.7. The number of nitrogens with two attached hydrogens (primary N) is 1. The maximum Gasteiger partial charge on any atom is 0.316 e. The van der Waals surface area contributed by atoms with Gasteiger partial charge in [-0.15, -0.1) is 10.2 Å². The normalized spacial score (nSPS) is 27.3. The summed E-state index contributed by atoms with van der Waals surface area (Å²) in [4.78, 5) is 26.9. The number of carbonyl (C=O) groups excluding carboxylic acids is 1. The van der Waals surface area contributed by atoms with Gasteiger partial charge in [-0.25, -0.2) is 4.98 Å². The molecule has 3 unspecified atom stereocenters. The van der Waals surface area contributed by atoms with E-state index in [1.807, 2.05) is 32.2 Å². The van der Waals surface area contributed by atoms with Crippen LogP contribution in [0.15, 0.2) is 35.0 Å². The van der Waals surface area contributed by atoms with E-state index < -0.39 is 5.92 Å². The summed E-state index contributed by atoms with van der Waals surface area (Å²) in [5, 5.41) is 12.6. The first-order valence-corrected chi connectivity index (χ1v) is 21.2. The number of halogens is 1. The Labute approximate surface area is 334 Å². The molecular weight excluding hydrogens is 734 g/mol. The predicted molar refractivity (Wildman–Crippen MR) is 213 cm³/mol. The van der Waals surface area contributed by atoms with Crippen molar-refractivity contribution in [2.45, 2.75) is 120 Å². The molecule has 7 heterocycles. The molecule has 3 aromatic heterocycles. The number of piperazine rings is 1. The van der Waals surface area contributed by atoms with Crippen molar-refractivity contribution in [1.29, 1.82) is 0 Å². The third-order valence-electron chi connectivity index (χ3n) is 13.7. The Hall–Kier alpha value is -3.88. The minimum Gasteiger partial charge on any atom is -0.474 e. The zero-order valence-electron chi connectivity index (χ0n) is 32.9. The summed E-state index contributed by atoms with van der Waals surface area (Å²) in [6.45, 7) is 9.86. The van der Waals surface area contributed by atoms with E-state index in [4.69, 9.17) is 36.1 Å². The SMILES string of the molecule is COC(=O)C(c1cc(N2CCC(C3(N4CCC(OC5CC(Oc6cc(N7C8CCC7CN(c7cc(Cl)nnc7N)C8)ccn6)C5)CC4)CC3)CC2)no1)C(C)C. The minimum absolute atomic E-state index is 0.0686. The van der Waals surface area contributed by atoms with Crippen LogP contribution in [-0.2, 0) is 14.3 Å². The fourth-order valence-corrected chi connectivity index (χ4v) is 10.7. The molecule has 9 rings (SSSR count).